The molecule has 4 nitrogen and oxygen atoms in total. The van der Waals surface area contributed by atoms with Crippen LogP contribution in [0.4, 0.5) is 0 Å². The van der Waals surface area contributed by atoms with E-state index in [1.807, 2.05) is 0 Å². The zero-order valence-corrected chi connectivity index (χ0v) is 12.0. The monoisotopic (exact) mass is 332 g/mol. The molecule has 2 aromatic carbocycles. The molecule has 0 aliphatic rings. The summed E-state index contributed by atoms with van der Waals surface area (Å²) in [5.41, 5.74) is -0.190. The van der Waals surface area contributed by atoms with Crippen LogP contribution in [-0.4, -0.2) is 16.2 Å². The average Bonchev–Trinajstić information content (AvgIpc) is 2.35. The third kappa shape index (κ3) is 3.10. The van der Waals surface area contributed by atoms with Gasteiger partial charge in [-0.3, -0.25) is 0 Å². The quantitative estimate of drug-likeness (QED) is 0.843. The second-order valence-corrected chi connectivity index (χ2v) is 5.03. The molecule has 0 saturated heterocycles. The normalized spacial score (nSPS) is 10.3. The fourth-order valence-corrected chi connectivity index (χ4v) is 2.15. The first-order valence-corrected chi connectivity index (χ1v) is 6.40. The molecule has 0 aliphatic carbocycles. The number of carbonyl (C=O) groups is 1. The van der Waals surface area contributed by atoms with Crippen LogP contribution in [-0.2, 0) is 0 Å². The maximum absolute atomic E-state index is 11.0. The topological polar surface area (TPSA) is 66.8 Å². The second kappa shape index (κ2) is 5.79. The first-order chi connectivity index (χ1) is 9.38. The molecular weight excluding hydrogens is 326 g/mol. The van der Waals surface area contributed by atoms with Crippen LogP contribution >= 0.6 is 34.8 Å². The molecule has 0 radical (unpaired) electrons. The Morgan fingerprint density at radius 3 is 2.30 bits per heavy atom. The summed E-state index contributed by atoms with van der Waals surface area (Å²) in [5.74, 6) is -1.38. The molecule has 2 rings (SSSR count). The van der Waals surface area contributed by atoms with E-state index in [9.17, 15) is 9.90 Å². The maximum atomic E-state index is 11.0. The van der Waals surface area contributed by atoms with E-state index in [1.165, 1.54) is 12.1 Å². The van der Waals surface area contributed by atoms with Crippen LogP contribution in [0, 0.1) is 0 Å². The Bertz CT molecular complexity index is 686. The lowest BCUT2D eigenvalue weighted by atomic mass is 10.2. The lowest BCUT2D eigenvalue weighted by Gasteiger charge is -2.11. The molecule has 0 saturated carbocycles. The third-order valence-corrected chi connectivity index (χ3v) is 3.24. The van der Waals surface area contributed by atoms with Crippen LogP contribution < -0.4 is 4.74 Å². The van der Waals surface area contributed by atoms with E-state index < -0.39 is 5.97 Å². The third-order valence-electron chi connectivity index (χ3n) is 2.39. The molecule has 0 heterocycles. The van der Waals surface area contributed by atoms with E-state index in [-0.39, 0.29) is 32.9 Å². The Balaban J connectivity index is 2.43. The minimum atomic E-state index is -1.23. The summed E-state index contributed by atoms with van der Waals surface area (Å²) in [6.07, 6.45) is 0. The molecule has 0 atom stereocenters. The molecule has 7 heteroatoms. The van der Waals surface area contributed by atoms with Crippen LogP contribution in [0.1, 0.15) is 10.4 Å². The lowest BCUT2D eigenvalue weighted by Crippen LogP contribution is -1.98. The van der Waals surface area contributed by atoms with Crippen LogP contribution in [0.15, 0.2) is 30.3 Å². The Morgan fingerprint density at radius 2 is 1.70 bits per heavy atom. The van der Waals surface area contributed by atoms with E-state index in [0.717, 1.165) is 12.1 Å². The summed E-state index contributed by atoms with van der Waals surface area (Å²) in [7, 11) is 0. The Hall–Kier alpha value is -1.62. The summed E-state index contributed by atoms with van der Waals surface area (Å²) in [6, 6.07) is 6.71. The number of phenols is 1. The molecule has 0 amide bonds. The van der Waals surface area contributed by atoms with Gasteiger partial charge in [0, 0.05) is 17.2 Å². The number of ether oxygens (including phenoxy) is 1. The van der Waals surface area contributed by atoms with Crippen molar-refractivity contribution >= 4 is 40.8 Å². The van der Waals surface area contributed by atoms with E-state index in [1.54, 1.807) is 6.07 Å². The molecule has 0 spiro atoms. The zero-order valence-electron chi connectivity index (χ0n) is 9.73. The zero-order chi connectivity index (χ0) is 14.9. The number of phenolic OH excluding ortho intramolecular Hbond substituents is 1. The Labute approximate surface area is 129 Å². The van der Waals surface area contributed by atoms with Gasteiger partial charge in [-0.05, 0) is 18.2 Å². The van der Waals surface area contributed by atoms with Gasteiger partial charge >= 0.3 is 5.97 Å². The highest BCUT2D eigenvalue weighted by Gasteiger charge is 2.15. The fourth-order valence-electron chi connectivity index (χ4n) is 1.46. The van der Waals surface area contributed by atoms with Crippen molar-refractivity contribution in [2.75, 3.05) is 0 Å². The summed E-state index contributed by atoms with van der Waals surface area (Å²) < 4.78 is 5.38. The van der Waals surface area contributed by atoms with E-state index in [2.05, 4.69) is 0 Å². The molecule has 2 aromatic rings. The summed E-state index contributed by atoms with van der Waals surface area (Å²) >= 11 is 17.4. The number of halogens is 3. The van der Waals surface area contributed by atoms with Gasteiger partial charge in [-0.2, -0.15) is 0 Å². The Morgan fingerprint density at radius 1 is 1.00 bits per heavy atom. The maximum Gasteiger partial charge on any atom is 0.337 e. The largest absolute Gasteiger partial charge is 0.504 e. The second-order valence-electron chi connectivity index (χ2n) is 3.78. The number of hydrogen-bond donors (Lipinski definition) is 2. The van der Waals surface area contributed by atoms with Crippen LogP contribution in [0.5, 0.6) is 17.2 Å². The van der Waals surface area contributed by atoms with Gasteiger partial charge in [0.05, 0.1) is 15.6 Å². The number of aromatic hydroxyl groups is 1. The predicted octanol–water partition coefficient (Wildman–Crippen LogP) is 4.84. The number of carboxylic acid groups (broad SMARTS) is 1. The highest BCUT2D eigenvalue weighted by atomic mass is 35.5. The van der Waals surface area contributed by atoms with Crippen molar-refractivity contribution in [2.24, 2.45) is 0 Å². The van der Waals surface area contributed by atoms with Gasteiger partial charge in [0.15, 0.2) is 11.5 Å². The van der Waals surface area contributed by atoms with Crippen LogP contribution in [0.3, 0.4) is 0 Å². The average molecular weight is 334 g/mol. The molecule has 0 unspecified atom stereocenters. The van der Waals surface area contributed by atoms with Crippen molar-refractivity contribution in [3.63, 3.8) is 0 Å². The van der Waals surface area contributed by atoms with Gasteiger partial charge in [0.2, 0.25) is 0 Å². The number of aromatic carboxylic acids is 1. The highest BCUT2D eigenvalue weighted by Crippen LogP contribution is 2.38. The van der Waals surface area contributed by atoms with Gasteiger partial charge < -0.3 is 14.9 Å². The lowest BCUT2D eigenvalue weighted by molar-refractivity contribution is 0.0696. The molecule has 0 bridgehead atoms. The van der Waals surface area contributed by atoms with Crippen LogP contribution in [0.2, 0.25) is 15.1 Å². The molecule has 0 fully saturated rings. The smallest absolute Gasteiger partial charge is 0.337 e. The van der Waals surface area contributed by atoms with Crippen molar-refractivity contribution in [1.82, 2.24) is 0 Å². The minimum Gasteiger partial charge on any atom is -0.504 e. The Kier molecular flexibility index (Phi) is 4.28. The SMILES string of the molecule is O=C(O)c1cc(Oc2ccc(Cl)cc2Cl)c(O)cc1Cl. The number of rotatable bonds is 3. The van der Waals surface area contributed by atoms with E-state index >= 15 is 0 Å². The van der Waals surface area contributed by atoms with E-state index in [4.69, 9.17) is 44.6 Å². The van der Waals surface area contributed by atoms with Crippen molar-refractivity contribution in [2.45, 2.75) is 0 Å². The molecular formula is C13H7Cl3O4. The predicted molar refractivity (Wildman–Crippen MR) is 76.6 cm³/mol. The summed E-state index contributed by atoms with van der Waals surface area (Å²) in [5, 5.41) is 19.3. The highest BCUT2D eigenvalue weighted by molar-refractivity contribution is 6.35. The standard InChI is InChI=1S/C13H7Cl3O4/c14-6-1-2-11(9(16)3-6)20-12-4-7(13(18)19)8(15)5-10(12)17/h1-5,17H,(H,18,19). The first kappa shape index (κ1) is 14.8. The van der Waals surface area contributed by atoms with E-state index in [0.29, 0.717) is 5.02 Å². The number of hydrogen-bond acceptors (Lipinski definition) is 3. The summed E-state index contributed by atoms with van der Waals surface area (Å²) in [4.78, 5) is 11.0. The van der Waals surface area contributed by atoms with Gasteiger partial charge in [-0.15, -0.1) is 0 Å². The minimum absolute atomic E-state index is 0.0731. The van der Waals surface area contributed by atoms with Crippen molar-refractivity contribution < 1.29 is 19.7 Å². The molecule has 2 N–H and O–H groups in total. The van der Waals surface area contributed by atoms with Gasteiger partial charge in [0.1, 0.15) is 5.75 Å². The van der Waals surface area contributed by atoms with Crippen molar-refractivity contribution in [3.05, 3.63) is 51.0 Å². The van der Waals surface area contributed by atoms with Gasteiger partial charge in [-0.1, -0.05) is 34.8 Å². The fraction of sp³-hybridized carbons (Fsp3) is 0. The van der Waals surface area contributed by atoms with Gasteiger partial charge in [-0.25, -0.2) is 4.79 Å². The van der Waals surface area contributed by atoms with Crippen molar-refractivity contribution in [3.8, 4) is 17.2 Å². The molecule has 0 aliphatic heterocycles. The molecule has 20 heavy (non-hydrogen) atoms. The van der Waals surface area contributed by atoms with Gasteiger partial charge in [0.25, 0.3) is 0 Å². The number of benzene rings is 2. The molecule has 0 aromatic heterocycles. The first-order valence-electron chi connectivity index (χ1n) is 5.27. The molecule has 104 valence electrons. The number of carboxylic acids is 1. The van der Waals surface area contributed by atoms with Crippen molar-refractivity contribution in [1.29, 1.82) is 0 Å². The summed E-state index contributed by atoms with van der Waals surface area (Å²) in [6.45, 7) is 0. The van der Waals surface area contributed by atoms with Crippen LogP contribution in [0.25, 0.3) is 0 Å².